The van der Waals surface area contributed by atoms with Crippen molar-refractivity contribution < 1.29 is 9.53 Å². The van der Waals surface area contributed by atoms with Gasteiger partial charge in [0, 0.05) is 19.5 Å². The number of benzene rings is 3. The van der Waals surface area contributed by atoms with Crippen LogP contribution in [0.2, 0.25) is 0 Å². The van der Waals surface area contributed by atoms with Crippen LogP contribution in [0.3, 0.4) is 0 Å². The number of ether oxygens (including phenoxy) is 1. The number of aromatic amines is 1. The average molecular weight is 460 g/mol. The maximum atomic E-state index is 12.7. The number of hydrogen-bond donors (Lipinski definition) is 2. The number of hydrogen-bond acceptors (Lipinski definition) is 4. The minimum absolute atomic E-state index is 0.149. The molecule has 0 bridgehead atoms. The first kappa shape index (κ1) is 22.5. The Morgan fingerprint density at radius 2 is 1.82 bits per heavy atom. The summed E-state index contributed by atoms with van der Waals surface area (Å²) in [6.45, 7) is 3.18. The summed E-state index contributed by atoms with van der Waals surface area (Å²) >= 11 is 5.30. The lowest BCUT2D eigenvalue weighted by Gasteiger charge is -2.10. The van der Waals surface area contributed by atoms with Crippen LogP contribution in [0, 0.1) is 11.7 Å². The Balaban J connectivity index is 1.28. The highest BCUT2D eigenvalue weighted by molar-refractivity contribution is 7.71. The number of aromatic nitrogens is 2. The SMILES string of the molecule is Cc1cccc(COc2ccc(CNC(=O)CCn3c(=S)[nH]c4ccccc4c3=O)cc2)c1. The van der Waals surface area contributed by atoms with E-state index in [1.54, 1.807) is 12.1 Å². The molecule has 1 aromatic heterocycles. The molecule has 3 aromatic carbocycles. The number of nitrogens with one attached hydrogen (secondary N) is 2. The van der Waals surface area contributed by atoms with E-state index >= 15 is 0 Å². The smallest absolute Gasteiger partial charge is 0.262 e. The molecule has 0 aliphatic heterocycles. The Labute approximate surface area is 196 Å². The maximum Gasteiger partial charge on any atom is 0.262 e. The standard InChI is InChI=1S/C26H25N3O3S/c1-18-5-4-6-20(15-18)17-32-21-11-9-19(10-12-21)16-27-24(30)13-14-29-25(31)22-7-2-3-8-23(22)28-26(29)33/h2-12,15H,13-14,16-17H2,1H3,(H,27,30)(H,28,33). The Morgan fingerprint density at radius 3 is 2.61 bits per heavy atom. The molecule has 1 heterocycles. The van der Waals surface area contributed by atoms with Crippen molar-refractivity contribution >= 4 is 29.0 Å². The molecule has 0 aliphatic carbocycles. The topological polar surface area (TPSA) is 76.1 Å². The molecule has 7 heteroatoms. The van der Waals surface area contributed by atoms with Gasteiger partial charge in [-0.3, -0.25) is 14.2 Å². The van der Waals surface area contributed by atoms with E-state index in [0.29, 0.717) is 28.8 Å². The molecule has 0 unspecified atom stereocenters. The molecule has 168 valence electrons. The molecule has 0 spiro atoms. The van der Waals surface area contributed by atoms with E-state index in [1.807, 2.05) is 48.5 Å². The van der Waals surface area contributed by atoms with Crippen LogP contribution < -0.4 is 15.6 Å². The molecule has 0 radical (unpaired) electrons. The van der Waals surface area contributed by atoms with E-state index in [2.05, 4.69) is 29.4 Å². The van der Waals surface area contributed by atoms with E-state index in [9.17, 15) is 9.59 Å². The van der Waals surface area contributed by atoms with Gasteiger partial charge in [0.15, 0.2) is 4.77 Å². The zero-order valence-electron chi connectivity index (χ0n) is 18.3. The van der Waals surface area contributed by atoms with Crippen molar-refractivity contribution in [2.75, 3.05) is 0 Å². The van der Waals surface area contributed by atoms with E-state index in [0.717, 1.165) is 16.9 Å². The molecular weight excluding hydrogens is 434 g/mol. The number of rotatable bonds is 8. The van der Waals surface area contributed by atoms with E-state index < -0.39 is 0 Å². The van der Waals surface area contributed by atoms with Gasteiger partial charge in [0.1, 0.15) is 12.4 Å². The van der Waals surface area contributed by atoms with Crippen LogP contribution >= 0.6 is 12.2 Å². The van der Waals surface area contributed by atoms with Crippen molar-refractivity contribution in [1.82, 2.24) is 14.9 Å². The first-order chi connectivity index (χ1) is 16.0. The molecule has 2 N–H and O–H groups in total. The Bertz CT molecular complexity index is 1390. The molecule has 0 fully saturated rings. The minimum atomic E-state index is -0.191. The second-order valence-electron chi connectivity index (χ2n) is 7.88. The zero-order valence-corrected chi connectivity index (χ0v) is 19.2. The van der Waals surface area contributed by atoms with Crippen molar-refractivity contribution in [2.45, 2.75) is 33.0 Å². The lowest BCUT2D eigenvalue weighted by atomic mass is 10.1. The number of H-pyrrole nitrogens is 1. The number of fused-ring (bicyclic) bond motifs is 1. The van der Waals surface area contributed by atoms with Gasteiger partial charge in [-0.25, -0.2) is 0 Å². The van der Waals surface area contributed by atoms with Crippen LogP contribution in [0.5, 0.6) is 5.75 Å². The monoisotopic (exact) mass is 459 g/mol. The highest BCUT2D eigenvalue weighted by atomic mass is 32.1. The summed E-state index contributed by atoms with van der Waals surface area (Å²) < 4.78 is 7.58. The molecule has 1 amide bonds. The predicted molar refractivity (Wildman–Crippen MR) is 132 cm³/mol. The predicted octanol–water partition coefficient (Wildman–Crippen LogP) is 4.65. The summed E-state index contributed by atoms with van der Waals surface area (Å²) in [5, 5.41) is 3.44. The molecule has 4 aromatic rings. The van der Waals surface area contributed by atoms with Crippen LogP contribution in [0.15, 0.2) is 77.6 Å². The van der Waals surface area contributed by atoms with Crippen LogP contribution in [-0.2, 0) is 24.5 Å². The number of nitrogens with zero attached hydrogens (tertiary/aromatic N) is 1. The van der Waals surface area contributed by atoms with E-state index in [-0.39, 0.29) is 24.4 Å². The van der Waals surface area contributed by atoms with Crippen molar-refractivity contribution in [3.8, 4) is 5.75 Å². The van der Waals surface area contributed by atoms with Gasteiger partial charge in [0.05, 0.1) is 10.9 Å². The van der Waals surface area contributed by atoms with Gasteiger partial charge in [-0.15, -0.1) is 0 Å². The number of carbonyl (C=O) groups is 1. The summed E-state index contributed by atoms with van der Waals surface area (Å²) in [4.78, 5) is 28.0. The number of aryl methyl sites for hydroxylation is 1. The van der Waals surface area contributed by atoms with Gasteiger partial charge in [-0.05, 0) is 54.5 Å². The molecule has 0 atom stereocenters. The van der Waals surface area contributed by atoms with Crippen LogP contribution in [-0.4, -0.2) is 15.5 Å². The fourth-order valence-corrected chi connectivity index (χ4v) is 3.86. The number of amides is 1. The molecule has 0 aliphatic rings. The summed E-state index contributed by atoms with van der Waals surface area (Å²) in [5.41, 5.74) is 3.79. The van der Waals surface area contributed by atoms with Gasteiger partial charge >= 0.3 is 0 Å². The second-order valence-corrected chi connectivity index (χ2v) is 8.27. The lowest BCUT2D eigenvalue weighted by molar-refractivity contribution is -0.121. The van der Waals surface area contributed by atoms with E-state index in [4.69, 9.17) is 17.0 Å². The van der Waals surface area contributed by atoms with E-state index in [1.165, 1.54) is 10.1 Å². The lowest BCUT2D eigenvalue weighted by Crippen LogP contribution is -2.28. The summed E-state index contributed by atoms with van der Waals surface area (Å²) in [6.07, 6.45) is 0.160. The van der Waals surface area contributed by atoms with Crippen LogP contribution in [0.1, 0.15) is 23.1 Å². The molecule has 33 heavy (non-hydrogen) atoms. The zero-order chi connectivity index (χ0) is 23.2. The first-order valence-corrected chi connectivity index (χ1v) is 11.2. The molecule has 0 saturated heterocycles. The number of para-hydroxylation sites is 1. The third-order valence-corrected chi connectivity index (χ3v) is 5.68. The number of carbonyl (C=O) groups excluding carboxylic acids is 1. The normalized spacial score (nSPS) is 10.8. The van der Waals surface area contributed by atoms with Crippen molar-refractivity contribution in [1.29, 1.82) is 0 Å². The second kappa shape index (κ2) is 10.3. The van der Waals surface area contributed by atoms with Crippen molar-refractivity contribution in [3.63, 3.8) is 0 Å². The van der Waals surface area contributed by atoms with Gasteiger partial charge in [0.2, 0.25) is 5.91 Å². The minimum Gasteiger partial charge on any atom is -0.489 e. The third kappa shape index (κ3) is 5.75. The van der Waals surface area contributed by atoms with Gasteiger partial charge < -0.3 is 15.0 Å². The summed E-state index contributed by atoms with van der Waals surface area (Å²) in [5.74, 6) is 0.626. The van der Waals surface area contributed by atoms with Crippen LogP contribution in [0.25, 0.3) is 10.9 Å². The molecular formula is C26H25N3O3S. The van der Waals surface area contributed by atoms with Gasteiger partial charge in [0.25, 0.3) is 5.56 Å². The third-order valence-electron chi connectivity index (χ3n) is 5.35. The summed E-state index contributed by atoms with van der Waals surface area (Å²) in [7, 11) is 0. The fourth-order valence-electron chi connectivity index (χ4n) is 3.58. The van der Waals surface area contributed by atoms with Crippen LogP contribution in [0.4, 0.5) is 0 Å². The Hall–Kier alpha value is -3.71. The molecule has 0 saturated carbocycles. The summed E-state index contributed by atoms with van der Waals surface area (Å²) in [6, 6.07) is 23.0. The molecule has 6 nitrogen and oxygen atoms in total. The largest absolute Gasteiger partial charge is 0.489 e. The highest BCUT2D eigenvalue weighted by Gasteiger charge is 2.08. The Morgan fingerprint density at radius 1 is 1.03 bits per heavy atom. The fraction of sp³-hybridized carbons (Fsp3) is 0.192. The Kier molecular flexibility index (Phi) is 7.00. The van der Waals surface area contributed by atoms with Crippen molar-refractivity contribution in [2.24, 2.45) is 0 Å². The quantitative estimate of drug-likeness (QED) is 0.376. The molecule has 4 rings (SSSR count). The van der Waals surface area contributed by atoms with Gasteiger partial charge in [-0.2, -0.15) is 0 Å². The van der Waals surface area contributed by atoms with Gasteiger partial charge in [-0.1, -0.05) is 54.1 Å². The maximum absolute atomic E-state index is 12.7. The average Bonchev–Trinajstić information content (AvgIpc) is 2.82. The van der Waals surface area contributed by atoms with Crippen molar-refractivity contribution in [3.05, 3.63) is 105 Å². The first-order valence-electron chi connectivity index (χ1n) is 10.8. The highest BCUT2D eigenvalue weighted by Crippen LogP contribution is 2.15.